The number of carbonyl (C=O) groups excluding carboxylic acids is 1. The molecule has 0 bridgehead atoms. The van der Waals surface area contributed by atoms with E-state index in [1.165, 1.54) is 10.8 Å². The minimum Gasteiger partial charge on any atom is -0.378 e. The summed E-state index contributed by atoms with van der Waals surface area (Å²) in [6.45, 7) is 3.02. The summed E-state index contributed by atoms with van der Waals surface area (Å²) in [7, 11) is 1.72. The quantitative estimate of drug-likeness (QED) is 0.817. The van der Waals surface area contributed by atoms with Gasteiger partial charge in [-0.25, -0.2) is 4.79 Å². The lowest BCUT2D eigenvalue weighted by Crippen LogP contribution is -2.37. The zero-order valence-electron chi connectivity index (χ0n) is 13.1. The van der Waals surface area contributed by atoms with Crippen LogP contribution < -0.4 is 11.2 Å². The second kappa shape index (κ2) is 7.40. The minimum absolute atomic E-state index is 0.0626. The standard InChI is InChI=1S/C15H23N3O4/c1-11-9-18(15(21)16-14(11)20)10-13(19)17(2)7-3-5-12-6-4-8-22-12/h9,12H,3-8,10H2,1-2H3,(H,16,20,21)/t12-/m0/s1. The summed E-state index contributed by atoms with van der Waals surface area (Å²) in [5.41, 5.74) is -0.566. The predicted octanol–water partition coefficient (Wildman–Crippen LogP) is 0.263. The van der Waals surface area contributed by atoms with Crippen molar-refractivity contribution in [2.75, 3.05) is 20.2 Å². The van der Waals surface area contributed by atoms with Gasteiger partial charge in [-0.3, -0.25) is 19.1 Å². The molecule has 1 aliphatic rings. The van der Waals surface area contributed by atoms with Crippen molar-refractivity contribution < 1.29 is 9.53 Å². The van der Waals surface area contributed by atoms with E-state index < -0.39 is 11.2 Å². The number of rotatable bonds is 6. The maximum atomic E-state index is 12.1. The van der Waals surface area contributed by atoms with Crippen LogP contribution in [0.1, 0.15) is 31.2 Å². The van der Waals surface area contributed by atoms with Crippen molar-refractivity contribution in [2.24, 2.45) is 0 Å². The van der Waals surface area contributed by atoms with E-state index in [1.807, 2.05) is 0 Å². The van der Waals surface area contributed by atoms with Gasteiger partial charge < -0.3 is 9.64 Å². The monoisotopic (exact) mass is 309 g/mol. The molecule has 0 saturated carbocycles. The van der Waals surface area contributed by atoms with Gasteiger partial charge in [-0.2, -0.15) is 0 Å². The van der Waals surface area contributed by atoms with Crippen LogP contribution in [0.25, 0.3) is 0 Å². The largest absolute Gasteiger partial charge is 0.378 e. The van der Waals surface area contributed by atoms with E-state index >= 15 is 0 Å². The summed E-state index contributed by atoms with van der Waals surface area (Å²) in [5.74, 6) is -0.152. The summed E-state index contributed by atoms with van der Waals surface area (Å²) < 4.78 is 6.78. The first-order chi connectivity index (χ1) is 10.5. The summed E-state index contributed by atoms with van der Waals surface area (Å²) in [4.78, 5) is 38.9. The maximum absolute atomic E-state index is 12.1. The number of aromatic amines is 1. The van der Waals surface area contributed by atoms with Crippen molar-refractivity contribution in [3.63, 3.8) is 0 Å². The third-order valence-corrected chi connectivity index (χ3v) is 3.96. The van der Waals surface area contributed by atoms with Crippen LogP contribution in [0.5, 0.6) is 0 Å². The number of nitrogens with one attached hydrogen (secondary N) is 1. The lowest BCUT2D eigenvalue weighted by Gasteiger charge is -2.18. The molecule has 2 rings (SSSR count). The minimum atomic E-state index is -0.559. The third-order valence-electron chi connectivity index (χ3n) is 3.96. The number of H-pyrrole nitrogens is 1. The number of likely N-dealkylation sites (N-methyl/N-ethyl adjacent to an activating group) is 1. The SMILES string of the molecule is Cc1cn(CC(=O)N(C)CCC[C@H]2CCCO2)c(=O)[nH]c1=O. The highest BCUT2D eigenvalue weighted by atomic mass is 16.5. The first-order valence-electron chi connectivity index (χ1n) is 7.63. The van der Waals surface area contributed by atoms with Gasteiger partial charge in [0.2, 0.25) is 5.91 Å². The van der Waals surface area contributed by atoms with Gasteiger partial charge in [-0.1, -0.05) is 0 Å². The number of carbonyl (C=O) groups is 1. The lowest BCUT2D eigenvalue weighted by atomic mass is 10.1. The second-order valence-corrected chi connectivity index (χ2v) is 5.79. The van der Waals surface area contributed by atoms with E-state index in [-0.39, 0.29) is 12.5 Å². The number of hydrogen-bond donors (Lipinski definition) is 1. The van der Waals surface area contributed by atoms with Crippen LogP contribution in [0, 0.1) is 6.92 Å². The average molecular weight is 309 g/mol. The van der Waals surface area contributed by atoms with E-state index in [2.05, 4.69) is 4.98 Å². The molecule has 0 aromatic carbocycles. The number of aryl methyl sites for hydroxylation is 1. The molecular formula is C15H23N3O4. The highest BCUT2D eigenvalue weighted by Gasteiger charge is 2.16. The molecule has 1 amide bonds. The van der Waals surface area contributed by atoms with Crippen LogP contribution in [0.2, 0.25) is 0 Å². The van der Waals surface area contributed by atoms with Crippen molar-refractivity contribution in [1.29, 1.82) is 0 Å². The molecular weight excluding hydrogens is 286 g/mol. The van der Waals surface area contributed by atoms with E-state index in [9.17, 15) is 14.4 Å². The zero-order valence-corrected chi connectivity index (χ0v) is 13.1. The Hall–Kier alpha value is -1.89. The van der Waals surface area contributed by atoms with Gasteiger partial charge in [0, 0.05) is 32.0 Å². The van der Waals surface area contributed by atoms with Crippen LogP contribution in [-0.2, 0) is 16.1 Å². The number of nitrogens with zero attached hydrogens (tertiary/aromatic N) is 2. The molecule has 1 atom stereocenters. The van der Waals surface area contributed by atoms with Crippen LogP contribution in [0.15, 0.2) is 15.8 Å². The molecule has 1 fully saturated rings. The zero-order chi connectivity index (χ0) is 16.1. The van der Waals surface area contributed by atoms with Crippen molar-refractivity contribution in [3.8, 4) is 0 Å². The second-order valence-electron chi connectivity index (χ2n) is 5.79. The van der Waals surface area contributed by atoms with E-state index in [1.54, 1.807) is 18.9 Å². The molecule has 7 nitrogen and oxygen atoms in total. The van der Waals surface area contributed by atoms with Crippen LogP contribution in [0.3, 0.4) is 0 Å². The molecule has 122 valence electrons. The molecule has 2 heterocycles. The van der Waals surface area contributed by atoms with Crippen molar-refractivity contribution in [3.05, 3.63) is 32.6 Å². The van der Waals surface area contributed by atoms with E-state index in [4.69, 9.17) is 4.74 Å². The molecule has 22 heavy (non-hydrogen) atoms. The fourth-order valence-corrected chi connectivity index (χ4v) is 2.56. The molecule has 1 aliphatic heterocycles. The van der Waals surface area contributed by atoms with Gasteiger partial charge in [-0.15, -0.1) is 0 Å². The number of hydrogen-bond acceptors (Lipinski definition) is 4. The van der Waals surface area contributed by atoms with Gasteiger partial charge in [0.05, 0.1) is 6.10 Å². The predicted molar refractivity (Wildman–Crippen MR) is 81.9 cm³/mol. The smallest absolute Gasteiger partial charge is 0.328 e. The van der Waals surface area contributed by atoms with Crippen molar-refractivity contribution >= 4 is 5.91 Å². The highest BCUT2D eigenvalue weighted by Crippen LogP contribution is 2.16. The first kappa shape index (κ1) is 16.5. The van der Waals surface area contributed by atoms with Gasteiger partial charge in [0.25, 0.3) is 5.56 Å². The summed E-state index contributed by atoms with van der Waals surface area (Å²) in [6, 6.07) is 0. The van der Waals surface area contributed by atoms with Gasteiger partial charge in [-0.05, 0) is 32.6 Å². The van der Waals surface area contributed by atoms with Gasteiger partial charge >= 0.3 is 5.69 Å². The average Bonchev–Trinajstić information content (AvgIpc) is 2.97. The highest BCUT2D eigenvalue weighted by molar-refractivity contribution is 5.75. The number of amides is 1. The summed E-state index contributed by atoms with van der Waals surface area (Å²) in [6.07, 6.45) is 5.80. The van der Waals surface area contributed by atoms with Gasteiger partial charge in [0.1, 0.15) is 6.54 Å². The van der Waals surface area contributed by atoms with Crippen molar-refractivity contribution in [2.45, 2.75) is 45.3 Å². The normalized spacial score (nSPS) is 17.6. The molecule has 0 unspecified atom stereocenters. The molecule has 1 aromatic heterocycles. The molecule has 1 aromatic rings. The Morgan fingerprint density at radius 1 is 1.50 bits per heavy atom. The number of ether oxygens (including phenoxy) is 1. The van der Waals surface area contributed by atoms with Crippen molar-refractivity contribution in [1.82, 2.24) is 14.5 Å². The fraction of sp³-hybridized carbons (Fsp3) is 0.667. The Bertz CT molecular complexity index is 628. The van der Waals surface area contributed by atoms with Crippen LogP contribution in [-0.4, -0.2) is 46.7 Å². The Morgan fingerprint density at radius 2 is 2.27 bits per heavy atom. The molecule has 1 N–H and O–H groups in total. The third kappa shape index (κ3) is 4.30. The molecule has 1 saturated heterocycles. The summed E-state index contributed by atoms with van der Waals surface area (Å²) >= 11 is 0. The first-order valence-corrected chi connectivity index (χ1v) is 7.63. The summed E-state index contributed by atoms with van der Waals surface area (Å²) in [5, 5.41) is 0. The van der Waals surface area contributed by atoms with Gasteiger partial charge in [0.15, 0.2) is 0 Å². The lowest BCUT2D eigenvalue weighted by molar-refractivity contribution is -0.130. The Balaban J connectivity index is 1.84. The fourth-order valence-electron chi connectivity index (χ4n) is 2.56. The Morgan fingerprint density at radius 3 is 2.95 bits per heavy atom. The molecule has 7 heteroatoms. The van der Waals surface area contributed by atoms with Crippen LogP contribution in [0.4, 0.5) is 0 Å². The Labute approximate surface area is 128 Å². The molecule has 0 radical (unpaired) electrons. The maximum Gasteiger partial charge on any atom is 0.328 e. The van der Waals surface area contributed by atoms with E-state index in [0.717, 1.165) is 32.3 Å². The molecule has 0 spiro atoms. The number of aromatic nitrogens is 2. The topological polar surface area (TPSA) is 84.4 Å². The Kier molecular flexibility index (Phi) is 5.54. The van der Waals surface area contributed by atoms with Crippen LogP contribution >= 0.6 is 0 Å². The van der Waals surface area contributed by atoms with E-state index in [0.29, 0.717) is 18.2 Å². The molecule has 0 aliphatic carbocycles.